The van der Waals surface area contributed by atoms with Crippen molar-refractivity contribution in [3.05, 3.63) is 58.2 Å². The number of methoxy groups -OCH3 is 3. The van der Waals surface area contributed by atoms with Crippen molar-refractivity contribution in [2.24, 2.45) is 0 Å². The zero-order valence-corrected chi connectivity index (χ0v) is 17.7. The average molecular weight is 428 g/mol. The highest BCUT2D eigenvalue weighted by Crippen LogP contribution is 2.39. The second-order valence-corrected chi connectivity index (χ2v) is 7.37. The van der Waals surface area contributed by atoms with Crippen LogP contribution in [0.2, 0.25) is 5.02 Å². The van der Waals surface area contributed by atoms with Crippen LogP contribution in [0.1, 0.15) is 21.6 Å². The molecule has 4 rings (SSSR count). The molecule has 0 unspecified atom stereocenters. The molecular formula is C22H22ClN3O4. The molecule has 1 aliphatic heterocycles. The van der Waals surface area contributed by atoms with Gasteiger partial charge in [-0.1, -0.05) is 23.7 Å². The quantitative estimate of drug-likeness (QED) is 0.667. The number of nitrogens with one attached hydrogen (secondary N) is 1. The van der Waals surface area contributed by atoms with Gasteiger partial charge in [0.15, 0.2) is 11.5 Å². The molecular weight excluding hydrogens is 406 g/mol. The lowest BCUT2D eigenvalue weighted by atomic mass is 10.00. The van der Waals surface area contributed by atoms with Crippen LogP contribution in [0.25, 0.3) is 11.3 Å². The fraction of sp³-hybridized carbons (Fsp3) is 0.273. The largest absolute Gasteiger partial charge is 0.493 e. The Morgan fingerprint density at radius 1 is 1.10 bits per heavy atom. The van der Waals surface area contributed by atoms with Crippen LogP contribution in [-0.2, 0) is 13.0 Å². The number of H-pyrrole nitrogens is 1. The number of aromatic amines is 1. The highest BCUT2D eigenvalue weighted by molar-refractivity contribution is 6.30. The van der Waals surface area contributed by atoms with Gasteiger partial charge in [0.05, 0.1) is 27.0 Å². The number of carbonyl (C=O) groups excluding carboxylic acids is 1. The van der Waals surface area contributed by atoms with Gasteiger partial charge in [-0.25, -0.2) is 0 Å². The summed E-state index contributed by atoms with van der Waals surface area (Å²) in [6.07, 6.45) is 0.694. The van der Waals surface area contributed by atoms with Crippen LogP contribution in [-0.4, -0.2) is 48.9 Å². The zero-order valence-electron chi connectivity index (χ0n) is 17.0. The average Bonchev–Trinajstić information content (AvgIpc) is 3.20. The number of carbonyl (C=O) groups is 1. The second-order valence-electron chi connectivity index (χ2n) is 6.93. The van der Waals surface area contributed by atoms with Crippen LogP contribution in [0.3, 0.4) is 0 Å². The summed E-state index contributed by atoms with van der Waals surface area (Å²) < 4.78 is 16.1. The maximum atomic E-state index is 13.3. The third kappa shape index (κ3) is 3.57. The molecule has 0 atom stereocenters. The number of hydrogen-bond acceptors (Lipinski definition) is 5. The molecule has 0 spiro atoms. The smallest absolute Gasteiger partial charge is 0.254 e. The standard InChI is InChI=1S/C22H22ClN3O4/c1-28-18-10-14(11-19(29-2)21(18)30-3)22(27)26-8-7-17-16(12-26)20(25-24-17)13-5-4-6-15(23)9-13/h4-6,9-11H,7-8,12H2,1-3H3,(H,24,25). The van der Waals surface area contributed by atoms with E-state index in [9.17, 15) is 4.79 Å². The van der Waals surface area contributed by atoms with Crippen LogP contribution in [0.5, 0.6) is 17.2 Å². The highest BCUT2D eigenvalue weighted by Gasteiger charge is 2.28. The predicted octanol–water partition coefficient (Wildman–Crippen LogP) is 3.95. The molecule has 2 heterocycles. The lowest BCUT2D eigenvalue weighted by molar-refractivity contribution is 0.0733. The summed E-state index contributed by atoms with van der Waals surface area (Å²) in [6, 6.07) is 10.9. The summed E-state index contributed by atoms with van der Waals surface area (Å²) in [5.74, 6) is 1.23. The fourth-order valence-corrected chi connectivity index (χ4v) is 3.92. The van der Waals surface area contributed by atoms with Gasteiger partial charge >= 0.3 is 0 Å². The summed E-state index contributed by atoms with van der Waals surface area (Å²) in [6.45, 7) is 1.03. The van der Waals surface area contributed by atoms with Gasteiger partial charge in [-0.3, -0.25) is 9.89 Å². The first-order chi connectivity index (χ1) is 14.5. The van der Waals surface area contributed by atoms with Crippen molar-refractivity contribution in [3.8, 4) is 28.5 Å². The van der Waals surface area contributed by atoms with Gasteiger partial charge in [-0.2, -0.15) is 5.10 Å². The Bertz CT molecular complexity index is 1070. The van der Waals surface area contributed by atoms with Gasteiger partial charge in [0.25, 0.3) is 5.91 Å². The van der Waals surface area contributed by atoms with E-state index in [-0.39, 0.29) is 5.91 Å². The predicted molar refractivity (Wildman–Crippen MR) is 114 cm³/mol. The Labute approximate surface area is 179 Å². The number of ether oxygens (including phenoxy) is 3. The van der Waals surface area contributed by atoms with Crippen LogP contribution in [0, 0.1) is 0 Å². The summed E-state index contributed by atoms with van der Waals surface area (Å²) in [7, 11) is 4.59. The highest BCUT2D eigenvalue weighted by atomic mass is 35.5. The van der Waals surface area contributed by atoms with Crippen molar-refractivity contribution >= 4 is 17.5 Å². The number of rotatable bonds is 5. The van der Waals surface area contributed by atoms with Gasteiger partial charge in [0, 0.05) is 46.9 Å². The lowest BCUT2D eigenvalue weighted by Crippen LogP contribution is -2.36. The number of benzene rings is 2. The normalized spacial score (nSPS) is 13.0. The van der Waals surface area contributed by atoms with Crippen molar-refractivity contribution in [1.29, 1.82) is 0 Å². The number of nitrogens with zero attached hydrogens (tertiary/aromatic N) is 2. The van der Waals surface area contributed by atoms with Gasteiger partial charge in [0.1, 0.15) is 0 Å². The van der Waals surface area contributed by atoms with E-state index in [0.717, 1.165) is 22.5 Å². The zero-order chi connectivity index (χ0) is 21.3. The first-order valence-electron chi connectivity index (χ1n) is 9.47. The number of amides is 1. The number of halogens is 1. The van der Waals surface area contributed by atoms with Crippen LogP contribution in [0.15, 0.2) is 36.4 Å². The molecule has 0 saturated heterocycles. The van der Waals surface area contributed by atoms with E-state index in [2.05, 4.69) is 10.2 Å². The molecule has 156 valence electrons. The minimum atomic E-state index is -0.113. The third-order valence-corrected chi connectivity index (χ3v) is 5.47. The monoisotopic (exact) mass is 427 g/mol. The Balaban J connectivity index is 1.65. The number of fused-ring (bicyclic) bond motifs is 1. The van der Waals surface area contributed by atoms with Crippen LogP contribution < -0.4 is 14.2 Å². The topological polar surface area (TPSA) is 76.7 Å². The van der Waals surface area contributed by atoms with Crippen molar-refractivity contribution in [2.45, 2.75) is 13.0 Å². The second kappa shape index (κ2) is 8.28. The van der Waals surface area contributed by atoms with Crippen molar-refractivity contribution in [3.63, 3.8) is 0 Å². The summed E-state index contributed by atoms with van der Waals surface area (Å²) in [4.78, 5) is 15.1. The molecule has 0 radical (unpaired) electrons. The Kier molecular flexibility index (Phi) is 5.55. The lowest BCUT2D eigenvalue weighted by Gasteiger charge is -2.27. The minimum absolute atomic E-state index is 0.113. The molecule has 0 fully saturated rings. The summed E-state index contributed by atoms with van der Waals surface area (Å²) in [5.41, 5.74) is 4.25. The van der Waals surface area contributed by atoms with Gasteiger partial charge in [-0.15, -0.1) is 0 Å². The molecule has 30 heavy (non-hydrogen) atoms. The molecule has 2 aromatic carbocycles. The molecule has 1 amide bonds. The van der Waals surface area contributed by atoms with E-state index in [4.69, 9.17) is 25.8 Å². The van der Waals surface area contributed by atoms with Crippen molar-refractivity contribution in [2.75, 3.05) is 27.9 Å². The van der Waals surface area contributed by atoms with Crippen molar-refractivity contribution < 1.29 is 19.0 Å². The van der Waals surface area contributed by atoms with E-state index in [0.29, 0.717) is 47.3 Å². The SMILES string of the molecule is COc1cc(C(=O)N2CCc3[nH]nc(-c4cccc(Cl)c4)c3C2)cc(OC)c1OC. The van der Waals surface area contributed by atoms with Gasteiger partial charge in [-0.05, 0) is 24.3 Å². The fourth-order valence-electron chi connectivity index (χ4n) is 3.73. The van der Waals surface area contributed by atoms with Crippen LogP contribution >= 0.6 is 11.6 Å². The molecule has 0 saturated carbocycles. The first kappa shape index (κ1) is 20.1. The number of hydrogen-bond donors (Lipinski definition) is 1. The molecule has 0 bridgehead atoms. The van der Waals surface area contributed by atoms with E-state index in [1.54, 1.807) is 17.0 Å². The molecule has 1 N–H and O–H groups in total. The van der Waals surface area contributed by atoms with Crippen molar-refractivity contribution in [1.82, 2.24) is 15.1 Å². The minimum Gasteiger partial charge on any atom is -0.493 e. The maximum Gasteiger partial charge on any atom is 0.254 e. The molecule has 8 heteroatoms. The third-order valence-electron chi connectivity index (χ3n) is 5.23. The molecule has 1 aromatic heterocycles. The van der Waals surface area contributed by atoms with Gasteiger partial charge < -0.3 is 19.1 Å². The number of aromatic nitrogens is 2. The maximum absolute atomic E-state index is 13.3. The molecule has 1 aliphatic rings. The molecule has 0 aliphatic carbocycles. The van der Waals surface area contributed by atoms with E-state index in [1.165, 1.54) is 21.3 Å². The van der Waals surface area contributed by atoms with E-state index >= 15 is 0 Å². The summed E-state index contributed by atoms with van der Waals surface area (Å²) >= 11 is 6.15. The first-order valence-corrected chi connectivity index (χ1v) is 9.84. The molecule has 7 nitrogen and oxygen atoms in total. The Morgan fingerprint density at radius 2 is 1.83 bits per heavy atom. The molecule has 3 aromatic rings. The summed E-state index contributed by atoms with van der Waals surface area (Å²) in [5, 5.41) is 8.23. The Hall–Kier alpha value is -3.19. The van der Waals surface area contributed by atoms with E-state index in [1.807, 2.05) is 24.3 Å². The van der Waals surface area contributed by atoms with E-state index < -0.39 is 0 Å². The van der Waals surface area contributed by atoms with Gasteiger partial charge in [0.2, 0.25) is 5.75 Å². The Morgan fingerprint density at radius 3 is 2.47 bits per heavy atom. The van der Waals surface area contributed by atoms with Crippen LogP contribution in [0.4, 0.5) is 0 Å².